The van der Waals surface area contributed by atoms with Gasteiger partial charge >= 0.3 is 6.03 Å². The maximum Gasteiger partial charge on any atom is 0.317 e. The molecule has 1 N–H and O–H groups in total. The molecular formula is C14H22ClN3O2S. The molecule has 0 unspecified atom stereocenters. The quantitative estimate of drug-likeness (QED) is 0.813. The number of rotatable bonds is 6. The van der Waals surface area contributed by atoms with E-state index in [-0.39, 0.29) is 6.03 Å². The molecule has 5 nitrogen and oxygen atoms in total. The summed E-state index contributed by atoms with van der Waals surface area (Å²) in [5.74, 6) is 0. The predicted octanol–water partition coefficient (Wildman–Crippen LogP) is 2.27. The van der Waals surface area contributed by atoms with E-state index in [1.165, 1.54) is 4.88 Å². The van der Waals surface area contributed by atoms with Gasteiger partial charge in [-0.3, -0.25) is 4.90 Å². The molecule has 2 heterocycles. The van der Waals surface area contributed by atoms with Crippen LogP contribution in [0.4, 0.5) is 4.79 Å². The minimum absolute atomic E-state index is 0.0323. The zero-order chi connectivity index (χ0) is 15.1. The molecule has 1 aromatic heterocycles. The van der Waals surface area contributed by atoms with Gasteiger partial charge in [-0.25, -0.2) is 4.79 Å². The number of amides is 2. The molecule has 0 spiro atoms. The fourth-order valence-corrected chi connectivity index (χ4v) is 3.42. The van der Waals surface area contributed by atoms with Gasteiger partial charge in [0, 0.05) is 57.9 Å². The van der Waals surface area contributed by atoms with Crippen LogP contribution in [0.15, 0.2) is 12.1 Å². The number of hydrogen-bond donors (Lipinski definition) is 1. The monoisotopic (exact) mass is 331 g/mol. The van der Waals surface area contributed by atoms with Crippen molar-refractivity contribution in [3.05, 3.63) is 21.3 Å². The van der Waals surface area contributed by atoms with Crippen molar-refractivity contribution in [2.24, 2.45) is 0 Å². The van der Waals surface area contributed by atoms with Crippen molar-refractivity contribution in [3.63, 3.8) is 0 Å². The van der Waals surface area contributed by atoms with Gasteiger partial charge in [0.05, 0.1) is 4.34 Å². The third-order valence-corrected chi connectivity index (χ3v) is 4.69. The molecule has 118 valence electrons. The number of hydrogen-bond acceptors (Lipinski definition) is 4. The number of carbonyl (C=O) groups is 1. The molecule has 0 saturated carbocycles. The first-order chi connectivity index (χ1) is 10.2. The van der Waals surface area contributed by atoms with Crippen LogP contribution in [0.25, 0.3) is 0 Å². The highest BCUT2D eigenvalue weighted by molar-refractivity contribution is 7.16. The molecule has 1 saturated heterocycles. The minimum Gasteiger partial charge on any atom is -0.385 e. The van der Waals surface area contributed by atoms with E-state index in [0.717, 1.165) is 43.5 Å². The van der Waals surface area contributed by atoms with Crippen molar-refractivity contribution in [2.75, 3.05) is 46.4 Å². The van der Waals surface area contributed by atoms with Crippen LogP contribution in [0.5, 0.6) is 0 Å². The first-order valence-electron chi connectivity index (χ1n) is 7.17. The molecule has 0 aliphatic carbocycles. The van der Waals surface area contributed by atoms with E-state index in [4.69, 9.17) is 16.3 Å². The number of urea groups is 1. The summed E-state index contributed by atoms with van der Waals surface area (Å²) in [6.07, 6.45) is 0.849. The summed E-state index contributed by atoms with van der Waals surface area (Å²) in [7, 11) is 1.67. The Morgan fingerprint density at radius 3 is 2.76 bits per heavy atom. The lowest BCUT2D eigenvalue weighted by molar-refractivity contribution is 0.135. The number of ether oxygens (including phenoxy) is 1. The van der Waals surface area contributed by atoms with Crippen LogP contribution < -0.4 is 5.32 Å². The number of nitrogens with zero attached hydrogens (tertiary/aromatic N) is 2. The van der Waals surface area contributed by atoms with Gasteiger partial charge in [0.1, 0.15) is 0 Å². The summed E-state index contributed by atoms with van der Waals surface area (Å²) < 4.78 is 5.79. The molecule has 1 aliphatic rings. The molecule has 0 radical (unpaired) electrons. The second-order valence-corrected chi connectivity index (χ2v) is 6.85. The Morgan fingerprint density at radius 1 is 1.38 bits per heavy atom. The first-order valence-corrected chi connectivity index (χ1v) is 8.37. The highest BCUT2D eigenvalue weighted by atomic mass is 35.5. The van der Waals surface area contributed by atoms with Crippen molar-refractivity contribution in [3.8, 4) is 0 Å². The maximum atomic E-state index is 12.0. The van der Waals surface area contributed by atoms with Crippen molar-refractivity contribution < 1.29 is 9.53 Å². The van der Waals surface area contributed by atoms with Crippen LogP contribution in [0.1, 0.15) is 11.3 Å². The van der Waals surface area contributed by atoms with E-state index in [2.05, 4.69) is 16.3 Å². The van der Waals surface area contributed by atoms with E-state index in [9.17, 15) is 4.79 Å². The Bertz CT molecular complexity index is 447. The fourth-order valence-electron chi connectivity index (χ4n) is 2.29. The van der Waals surface area contributed by atoms with Crippen LogP contribution in [-0.2, 0) is 11.3 Å². The second kappa shape index (κ2) is 8.58. The molecule has 0 atom stereocenters. The molecule has 1 fully saturated rings. The van der Waals surface area contributed by atoms with E-state index >= 15 is 0 Å². The van der Waals surface area contributed by atoms with E-state index in [1.807, 2.05) is 11.0 Å². The van der Waals surface area contributed by atoms with Crippen LogP contribution in [0, 0.1) is 0 Å². The Labute approximate surface area is 134 Å². The highest BCUT2D eigenvalue weighted by Gasteiger charge is 2.21. The van der Waals surface area contributed by atoms with Gasteiger partial charge in [0.15, 0.2) is 0 Å². The lowest BCUT2D eigenvalue weighted by Gasteiger charge is -2.34. The van der Waals surface area contributed by atoms with Gasteiger partial charge in [-0.1, -0.05) is 11.6 Å². The van der Waals surface area contributed by atoms with Crippen LogP contribution in [-0.4, -0.2) is 62.3 Å². The number of halogens is 1. The molecule has 1 aromatic rings. The van der Waals surface area contributed by atoms with Crippen molar-refractivity contribution in [1.29, 1.82) is 0 Å². The van der Waals surface area contributed by atoms with Gasteiger partial charge in [0.2, 0.25) is 0 Å². The third kappa shape index (κ3) is 5.47. The average molecular weight is 332 g/mol. The number of carbonyl (C=O) groups excluding carboxylic acids is 1. The number of thiophene rings is 1. The van der Waals surface area contributed by atoms with E-state index < -0.39 is 0 Å². The molecule has 7 heteroatoms. The van der Waals surface area contributed by atoms with Crippen LogP contribution in [0.3, 0.4) is 0 Å². The van der Waals surface area contributed by atoms with Gasteiger partial charge in [0.25, 0.3) is 0 Å². The molecule has 2 rings (SSSR count). The smallest absolute Gasteiger partial charge is 0.317 e. The number of methoxy groups -OCH3 is 1. The fraction of sp³-hybridized carbons (Fsp3) is 0.643. The van der Waals surface area contributed by atoms with Gasteiger partial charge in [-0.2, -0.15) is 0 Å². The highest BCUT2D eigenvalue weighted by Crippen LogP contribution is 2.23. The largest absolute Gasteiger partial charge is 0.385 e. The summed E-state index contributed by atoms with van der Waals surface area (Å²) in [6.45, 7) is 5.62. The Morgan fingerprint density at radius 2 is 2.14 bits per heavy atom. The van der Waals surface area contributed by atoms with Gasteiger partial charge < -0.3 is 15.0 Å². The molecule has 0 aromatic carbocycles. The summed E-state index contributed by atoms with van der Waals surface area (Å²) in [5.41, 5.74) is 0. The van der Waals surface area contributed by atoms with Crippen molar-refractivity contribution >= 4 is 29.0 Å². The average Bonchev–Trinajstić information content (AvgIpc) is 2.89. The first kappa shape index (κ1) is 16.5. The number of piperazine rings is 1. The van der Waals surface area contributed by atoms with Gasteiger partial charge in [-0.05, 0) is 18.6 Å². The predicted molar refractivity (Wildman–Crippen MR) is 86.1 cm³/mol. The summed E-state index contributed by atoms with van der Waals surface area (Å²) in [6, 6.07) is 4.04. The Kier molecular flexibility index (Phi) is 6.76. The minimum atomic E-state index is 0.0323. The maximum absolute atomic E-state index is 12.0. The van der Waals surface area contributed by atoms with E-state index in [0.29, 0.717) is 13.2 Å². The topological polar surface area (TPSA) is 44.8 Å². The zero-order valence-corrected chi connectivity index (χ0v) is 13.9. The molecule has 2 amide bonds. The summed E-state index contributed by atoms with van der Waals surface area (Å²) >= 11 is 7.57. The normalized spacial score (nSPS) is 16.2. The van der Waals surface area contributed by atoms with Gasteiger partial charge in [-0.15, -0.1) is 11.3 Å². The molecule has 21 heavy (non-hydrogen) atoms. The summed E-state index contributed by atoms with van der Waals surface area (Å²) in [5, 5.41) is 2.93. The SMILES string of the molecule is COCCCNC(=O)N1CCN(Cc2ccc(Cl)s2)CC1. The number of nitrogens with one attached hydrogen (secondary N) is 1. The second-order valence-electron chi connectivity index (χ2n) is 5.05. The molecular weight excluding hydrogens is 310 g/mol. The van der Waals surface area contributed by atoms with Crippen LogP contribution >= 0.6 is 22.9 Å². The van der Waals surface area contributed by atoms with Crippen molar-refractivity contribution in [1.82, 2.24) is 15.1 Å². The Hall–Kier alpha value is -0.820. The standard InChI is InChI=1S/C14H22ClN3O2S/c1-20-10-2-5-16-14(19)18-8-6-17(7-9-18)11-12-3-4-13(15)21-12/h3-4H,2,5-11H2,1H3,(H,16,19). The summed E-state index contributed by atoms with van der Waals surface area (Å²) in [4.78, 5) is 17.5. The van der Waals surface area contributed by atoms with Crippen LogP contribution in [0.2, 0.25) is 4.34 Å². The van der Waals surface area contributed by atoms with Crippen molar-refractivity contribution in [2.45, 2.75) is 13.0 Å². The molecule has 0 bridgehead atoms. The zero-order valence-electron chi connectivity index (χ0n) is 12.3. The van der Waals surface area contributed by atoms with E-state index in [1.54, 1.807) is 18.4 Å². The molecule has 1 aliphatic heterocycles. The third-order valence-electron chi connectivity index (χ3n) is 3.47. The lowest BCUT2D eigenvalue weighted by Crippen LogP contribution is -2.51. The lowest BCUT2D eigenvalue weighted by atomic mass is 10.3. The Balaban J connectivity index is 1.66.